The van der Waals surface area contributed by atoms with Gasteiger partial charge in [0.15, 0.2) is 5.11 Å². The third-order valence-electron chi connectivity index (χ3n) is 5.10. The molecule has 2 N–H and O–H groups in total. The van der Waals surface area contributed by atoms with E-state index < -0.39 is 0 Å². The standard InChI is InChI=1S/C19H29N3S/c1-14(2)12-20-19(23)21-16-10-17-8-9-18(11-16)22(17)13-15-6-4-3-5-7-15/h3-7,14,16-18H,8-13H2,1-2H3,(H2,20,21,23)/t16?,17-,18+. The lowest BCUT2D eigenvalue weighted by Crippen LogP contribution is -2.52. The molecule has 1 aromatic rings. The van der Waals surface area contributed by atoms with Gasteiger partial charge in [0, 0.05) is 31.2 Å². The summed E-state index contributed by atoms with van der Waals surface area (Å²) in [7, 11) is 0. The fraction of sp³-hybridized carbons (Fsp3) is 0.632. The molecule has 23 heavy (non-hydrogen) atoms. The first-order chi connectivity index (χ1) is 11.1. The molecule has 1 aromatic carbocycles. The molecule has 0 spiro atoms. The van der Waals surface area contributed by atoms with Gasteiger partial charge in [-0.05, 0) is 49.4 Å². The summed E-state index contributed by atoms with van der Waals surface area (Å²) < 4.78 is 0. The molecule has 0 radical (unpaired) electrons. The van der Waals surface area contributed by atoms with Crippen molar-refractivity contribution in [3.63, 3.8) is 0 Å². The molecule has 3 nitrogen and oxygen atoms in total. The summed E-state index contributed by atoms with van der Waals surface area (Å²) in [5, 5.41) is 7.72. The van der Waals surface area contributed by atoms with Crippen LogP contribution in [-0.4, -0.2) is 34.7 Å². The number of hydrogen-bond acceptors (Lipinski definition) is 2. The van der Waals surface area contributed by atoms with Crippen LogP contribution in [0.3, 0.4) is 0 Å². The molecule has 2 saturated heterocycles. The largest absolute Gasteiger partial charge is 0.362 e. The Hall–Kier alpha value is -1.13. The van der Waals surface area contributed by atoms with Crippen molar-refractivity contribution in [1.29, 1.82) is 0 Å². The van der Waals surface area contributed by atoms with Crippen LogP contribution in [0.1, 0.15) is 45.1 Å². The van der Waals surface area contributed by atoms with E-state index in [0.717, 1.165) is 18.2 Å². The van der Waals surface area contributed by atoms with Gasteiger partial charge in [0.2, 0.25) is 0 Å². The molecule has 0 aliphatic carbocycles. The van der Waals surface area contributed by atoms with E-state index in [0.29, 0.717) is 24.0 Å². The maximum absolute atomic E-state index is 5.45. The van der Waals surface area contributed by atoms with Crippen molar-refractivity contribution >= 4 is 17.3 Å². The minimum Gasteiger partial charge on any atom is -0.362 e. The third kappa shape index (κ3) is 4.45. The molecular weight excluding hydrogens is 302 g/mol. The molecule has 2 aliphatic heterocycles. The molecule has 126 valence electrons. The number of rotatable bonds is 5. The van der Waals surface area contributed by atoms with Gasteiger partial charge in [-0.25, -0.2) is 0 Å². The van der Waals surface area contributed by atoms with Crippen molar-refractivity contribution in [3.05, 3.63) is 35.9 Å². The number of fused-ring (bicyclic) bond motifs is 2. The van der Waals surface area contributed by atoms with Crippen molar-refractivity contribution in [2.24, 2.45) is 5.92 Å². The second-order valence-corrected chi connectivity index (χ2v) is 7.87. The predicted molar refractivity (Wildman–Crippen MR) is 100 cm³/mol. The minimum absolute atomic E-state index is 0.534. The summed E-state index contributed by atoms with van der Waals surface area (Å²) in [5.74, 6) is 0.624. The molecule has 2 fully saturated rings. The number of nitrogens with zero attached hydrogens (tertiary/aromatic N) is 1. The molecule has 2 heterocycles. The summed E-state index contributed by atoms with van der Waals surface area (Å²) in [6.45, 7) is 6.46. The highest BCUT2D eigenvalue weighted by Crippen LogP contribution is 2.36. The molecule has 2 aliphatic rings. The zero-order chi connectivity index (χ0) is 16.2. The highest BCUT2D eigenvalue weighted by molar-refractivity contribution is 7.80. The molecule has 0 aromatic heterocycles. The zero-order valence-electron chi connectivity index (χ0n) is 14.3. The zero-order valence-corrected chi connectivity index (χ0v) is 15.1. The quantitative estimate of drug-likeness (QED) is 0.810. The van der Waals surface area contributed by atoms with Crippen LogP contribution in [0, 0.1) is 5.92 Å². The maximum atomic E-state index is 5.45. The Morgan fingerprint density at radius 2 is 1.83 bits per heavy atom. The van der Waals surface area contributed by atoms with Crippen LogP contribution >= 0.6 is 12.2 Å². The van der Waals surface area contributed by atoms with Gasteiger partial charge in [0.05, 0.1) is 0 Å². The Morgan fingerprint density at radius 1 is 1.17 bits per heavy atom. The van der Waals surface area contributed by atoms with E-state index in [1.54, 1.807) is 0 Å². The van der Waals surface area contributed by atoms with E-state index in [4.69, 9.17) is 12.2 Å². The summed E-state index contributed by atoms with van der Waals surface area (Å²) in [6, 6.07) is 12.8. The normalized spacial score (nSPS) is 27.2. The lowest BCUT2D eigenvalue weighted by molar-refractivity contribution is 0.115. The van der Waals surface area contributed by atoms with Crippen LogP contribution < -0.4 is 10.6 Å². The minimum atomic E-state index is 0.534. The van der Waals surface area contributed by atoms with Gasteiger partial charge < -0.3 is 10.6 Å². The number of hydrogen-bond donors (Lipinski definition) is 2. The molecule has 0 amide bonds. The van der Waals surface area contributed by atoms with Crippen LogP contribution in [0.5, 0.6) is 0 Å². The fourth-order valence-electron chi connectivity index (χ4n) is 3.98. The van der Waals surface area contributed by atoms with Crippen LogP contribution in [0.15, 0.2) is 30.3 Å². The van der Waals surface area contributed by atoms with Crippen molar-refractivity contribution in [3.8, 4) is 0 Å². The van der Waals surface area contributed by atoms with Crippen molar-refractivity contribution in [1.82, 2.24) is 15.5 Å². The second-order valence-electron chi connectivity index (χ2n) is 7.46. The van der Waals surface area contributed by atoms with Crippen molar-refractivity contribution < 1.29 is 0 Å². The molecule has 4 heteroatoms. The molecular formula is C19H29N3S. The Kier molecular flexibility index (Phi) is 5.54. The van der Waals surface area contributed by atoms with Crippen molar-refractivity contribution in [2.75, 3.05) is 6.54 Å². The van der Waals surface area contributed by atoms with Crippen LogP contribution in [-0.2, 0) is 6.54 Å². The summed E-state index contributed by atoms with van der Waals surface area (Å²) in [4.78, 5) is 2.72. The number of piperidine rings is 1. The summed E-state index contributed by atoms with van der Waals surface area (Å²) >= 11 is 5.45. The van der Waals surface area contributed by atoms with E-state index in [9.17, 15) is 0 Å². The first-order valence-electron chi connectivity index (χ1n) is 8.96. The third-order valence-corrected chi connectivity index (χ3v) is 5.36. The Labute approximate surface area is 145 Å². The molecule has 2 bridgehead atoms. The molecule has 3 atom stereocenters. The van der Waals surface area contributed by atoms with E-state index in [2.05, 4.69) is 59.7 Å². The van der Waals surface area contributed by atoms with Crippen LogP contribution in [0.2, 0.25) is 0 Å². The Bertz CT molecular complexity index is 503. The van der Waals surface area contributed by atoms with E-state index >= 15 is 0 Å². The van der Waals surface area contributed by atoms with Gasteiger partial charge >= 0.3 is 0 Å². The van der Waals surface area contributed by atoms with Crippen LogP contribution in [0.4, 0.5) is 0 Å². The lowest BCUT2D eigenvalue weighted by atomic mass is 9.96. The summed E-state index contributed by atoms with van der Waals surface area (Å²) in [6.07, 6.45) is 5.10. The van der Waals surface area contributed by atoms with E-state index in [-0.39, 0.29) is 0 Å². The van der Waals surface area contributed by atoms with Gasteiger partial charge in [-0.15, -0.1) is 0 Å². The van der Waals surface area contributed by atoms with E-state index in [1.165, 1.54) is 31.2 Å². The number of thiocarbonyl (C=S) groups is 1. The highest BCUT2D eigenvalue weighted by Gasteiger charge is 2.40. The summed E-state index contributed by atoms with van der Waals surface area (Å²) in [5.41, 5.74) is 1.44. The Balaban J connectivity index is 1.52. The van der Waals surface area contributed by atoms with E-state index in [1.807, 2.05) is 0 Å². The average Bonchev–Trinajstić information content (AvgIpc) is 2.77. The Morgan fingerprint density at radius 3 is 2.43 bits per heavy atom. The lowest BCUT2D eigenvalue weighted by Gasteiger charge is -2.39. The van der Waals surface area contributed by atoms with Crippen LogP contribution in [0.25, 0.3) is 0 Å². The first kappa shape index (κ1) is 16.7. The average molecular weight is 332 g/mol. The smallest absolute Gasteiger partial charge is 0.166 e. The number of nitrogens with one attached hydrogen (secondary N) is 2. The maximum Gasteiger partial charge on any atom is 0.166 e. The van der Waals surface area contributed by atoms with Crippen molar-refractivity contribution in [2.45, 2.75) is 64.2 Å². The highest BCUT2D eigenvalue weighted by atomic mass is 32.1. The number of benzene rings is 1. The van der Waals surface area contributed by atoms with Gasteiger partial charge in [-0.1, -0.05) is 44.2 Å². The molecule has 1 unspecified atom stereocenters. The fourth-order valence-corrected chi connectivity index (χ4v) is 4.23. The topological polar surface area (TPSA) is 27.3 Å². The van der Waals surface area contributed by atoms with Gasteiger partial charge in [-0.3, -0.25) is 4.90 Å². The molecule has 3 rings (SSSR count). The van der Waals surface area contributed by atoms with Gasteiger partial charge in [-0.2, -0.15) is 0 Å². The second kappa shape index (κ2) is 7.63. The van der Waals surface area contributed by atoms with Gasteiger partial charge in [0.1, 0.15) is 0 Å². The first-order valence-corrected chi connectivity index (χ1v) is 9.36. The predicted octanol–water partition coefficient (Wildman–Crippen LogP) is 3.30. The molecule has 0 saturated carbocycles. The monoisotopic (exact) mass is 331 g/mol. The SMILES string of the molecule is CC(C)CNC(=S)NC1C[C@H]2CC[C@@H](C1)N2Cc1ccccc1. The van der Waals surface area contributed by atoms with Gasteiger partial charge in [0.25, 0.3) is 0 Å².